The van der Waals surface area contributed by atoms with Crippen LogP contribution in [-0.2, 0) is 24.9 Å². The molecule has 4 nitrogen and oxygen atoms in total. The predicted octanol–water partition coefficient (Wildman–Crippen LogP) is 2.49. The molecule has 0 aliphatic heterocycles. The molecule has 0 fully saturated rings. The lowest BCUT2D eigenvalue weighted by molar-refractivity contribution is 0.185. The third kappa shape index (κ3) is 2.71. The van der Waals surface area contributed by atoms with Crippen molar-refractivity contribution in [3.8, 4) is 0 Å². The van der Waals surface area contributed by atoms with Crippen LogP contribution in [0.2, 0.25) is 0 Å². The van der Waals surface area contributed by atoms with Crippen LogP contribution in [0.5, 0.6) is 0 Å². The molecule has 0 amide bonds. The van der Waals surface area contributed by atoms with Crippen molar-refractivity contribution in [3.63, 3.8) is 0 Å². The first kappa shape index (κ1) is 12.6. The van der Waals surface area contributed by atoms with Gasteiger partial charge in [-0.25, -0.2) is 0 Å². The van der Waals surface area contributed by atoms with Gasteiger partial charge in [-0.2, -0.15) is 5.10 Å². The Balaban J connectivity index is 2.08. The molecule has 0 unspecified atom stereocenters. The van der Waals surface area contributed by atoms with E-state index >= 15 is 0 Å². The standard InChI is InChI=1S/C14H19N3O/c1-11-13(9-16-17(11)2)8-15-14-7-5-4-6-12(14)10-18-3/h4-7,9,15H,8,10H2,1-3H3. The average Bonchev–Trinajstić information content (AvgIpc) is 2.70. The van der Waals surface area contributed by atoms with Gasteiger partial charge in [0.25, 0.3) is 0 Å². The zero-order valence-corrected chi connectivity index (χ0v) is 11.1. The van der Waals surface area contributed by atoms with Crippen LogP contribution >= 0.6 is 0 Å². The Bertz CT molecular complexity index is 520. The van der Waals surface area contributed by atoms with E-state index in [0.717, 1.165) is 12.2 Å². The first-order chi connectivity index (χ1) is 8.72. The van der Waals surface area contributed by atoms with E-state index in [1.165, 1.54) is 16.8 Å². The lowest BCUT2D eigenvalue weighted by atomic mass is 10.1. The minimum absolute atomic E-state index is 0.620. The third-order valence-corrected chi connectivity index (χ3v) is 3.12. The first-order valence-electron chi connectivity index (χ1n) is 6.00. The van der Waals surface area contributed by atoms with Crippen LogP contribution in [-0.4, -0.2) is 16.9 Å². The zero-order chi connectivity index (χ0) is 13.0. The molecule has 18 heavy (non-hydrogen) atoms. The fraction of sp³-hybridized carbons (Fsp3) is 0.357. The maximum atomic E-state index is 5.19. The topological polar surface area (TPSA) is 39.1 Å². The number of para-hydroxylation sites is 1. The Morgan fingerprint density at radius 1 is 1.28 bits per heavy atom. The van der Waals surface area contributed by atoms with Crippen LogP contribution in [0.25, 0.3) is 0 Å². The molecule has 0 aliphatic carbocycles. The van der Waals surface area contributed by atoms with E-state index in [4.69, 9.17) is 4.74 Å². The highest BCUT2D eigenvalue weighted by atomic mass is 16.5. The summed E-state index contributed by atoms with van der Waals surface area (Å²) >= 11 is 0. The molecule has 1 aromatic carbocycles. The summed E-state index contributed by atoms with van der Waals surface area (Å²) in [6.07, 6.45) is 1.90. The van der Waals surface area contributed by atoms with Gasteiger partial charge in [-0.3, -0.25) is 4.68 Å². The summed E-state index contributed by atoms with van der Waals surface area (Å²) in [6.45, 7) is 3.47. The second-order valence-electron chi connectivity index (χ2n) is 4.32. The second-order valence-corrected chi connectivity index (χ2v) is 4.32. The summed E-state index contributed by atoms with van der Waals surface area (Å²) in [5, 5.41) is 7.67. The van der Waals surface area contributed by atoms with Crippen molar-refractivity contribution in [2.24, 2.45) is 7.05 Å². The summed E-state index contributed by atoms with van der Waals surface area (Å²) in [5.41, 5.74) is 4.68. The molecule has 0 radical (unpaired) electrons. The number of ether oxygens (including phenoxy) is 1. The van der Waals surface area contributed by atoms with Crippen molar-refractivity contribution in [2.75, 3.05) is 12.4 Å². The van der Waals surface area contributed by atoms with Crippen LogP contribution in [0.1, 0.15) is 16.8 Å². The van der Waals surface area contributed by atoms with E-state index < -0.39 is 0 Å². The molecule has 2 rings (SSSR count). The van der Waals surface area contributed by atoms with Gasteiger partial charge >= 0.3 is 0 Å². The molecule has 2 aromatic rings. The molecule has 96 valence electrons. The molecule has 1 heterocycles. The fourth-order valence-electron chi connectivity index (χ4n) is 1.88. The smallest absolute Gasteiger partial charge is 0.0733 e. The Hall–Kier alpha value is -1.81. The van der Waals surface area contributed by atoms with E-state index in [0.29, 0.717) is 6.61 Å². The molecule has 0 saturated heterocycles. The molecule has 0 bridgehead atoms. The summed E-state index contributed by atoms with van der Waals surface area (Å²) in [7, 11) is 3.67. The Kier molecular flexibility index (Phi) is 3.99. The molecule has 0 aliphatic rings. The number of nitrogens with zero attached hydrogens (tertiary/aromatic N) is 2. The maximum absolute atomic E-state index is 5.19. The number of nitrogens with one attached hydrogen (secondary N) is 1. The van der Waals surface area contributed by atoms with Gasteiger partial charge in [-0.1, -0.05) is 18.2 Å². The lowest BCUT2D eigenvalue weighted by Gasteiger charge is -2.11. The highest BCUT2D eigenvalue weighted by molar-refractivity contribution is 5.51. The molecule has 1 N–H and O–H groups in total. The van der Waals surface area contributed by atoms with Crippen molar-refractivity contribution in [1.82, 2.24) is 9.78 Å². The van der Waals surface area contributed by atoms with Gasteiger partial charge in [0.05, 0.1) is 12.8 Å². The van der Waals surface area contributed by atoms with E-state index in [9.17, 15) is 0 Å². The van der Waals surface area contributed by atoms with Gasteiger partial charge in [0.2, 0.25) is 0 Å². The first-order valence-corrected chi connectivity index (χ1v) is 6.00. The maximum Gasteiger partial charge on any atom is 0.0733 e. The molecule has 1 aromatic heterocycles. The van der Waals surface area contributed by atoms with E-state index in [2.05, 4.69) is 29.5 Å². The highest BCUT2D eigenvalue weighted by Crippen LogP contribution is 2.17. The SMILES string of the molecule is COCc1ccccc1NCc1cnn(C)c1C. The summed E-state index contributed by atoms with van der Waals surface area (Å²) < 4.78 is 7.08. The van der Waals surface area contributed by atoms with Gasteiger partial charge < -0.3 is 10.1 Å². The largest absolute Gasteiger partial charge is 0.381 e. The van der Waals surface area contributed by atoms with Crippen molar-refractivity contribution in [1.29, 1.82) is 0 Å². The fourth-order valence-corrected chi connectivity index (χ4v) is 1.88. The van der Waals surface area contributed by atoms with Crippen molar-refractivity contribution >= 4 is 5.69 Å². The Labute approximate surface area is 108 Å². The molecule has 0 atom stereocenters. The van der Waals surface area contributed by atoms with E-state index in [1.807, 2.05) is 30.1 Å². The van der Waals surface area contributed by atoms with Gasteiger partial charge in [0, 0.05) is 43.2 Å². The lowest BCUT2D eigenvalue weighted by Crippen LogP contribution is -2.04. The summed E-state index contributed by atoms with van der Waals surface area (Å²) in [6, 6.07) is 8.19. The minimum Gasteiger partial charge on any atom is -0.381 e. The molecule has 0 saturated carbocycles. The zero-order valence-electron chi connectivity index (χ0n) is 11.1. The van der Waals surface area contributed by atoms with Gasteiger partial charge in [0.1, 0.15) is 0 Å². The number of aromatic nitrogens is 2. The normalized spacial score (nSPS) is 10.6. The Morgan fingerprint density at radius 2 is 2.06 bits per heavy atom. The van der Waals surface area contributed by atoms with Gasteiger partial charge in [0.15, 0.2) is 0 Å². The number of hydrogen-bond acceptors (Lipinski definition) is 3. The number of aryl methyl sites for hydroxylation is 1. The van der Waals surface area contributed by atoms with Crippen molar-refractivity contribution < 1.29 is 4.74 Å². The van der Waals surface area contributed by atoms with E-state index in [1.54, 1.807) is 7.11 Å². The van der Waals surface area contributed by atoms with Crippen LogP contribution < -0.4 is 5.32 Å². The number of hydrogen-bond donors (Lipinski definition) is 1. The minimum atomic E-state index is 0.620. The van der Waals surface area contributed by atoms with Gasteiger partial charge in [-0.05, 0) is 13.0 Å². The van der Waals surface area contributed by atoms with Crippen molar-refractivity contribution in [3.05, 3.63) is 47.3 Å². The van der Waals surface area contributed by atoms with Crippen LogP contribution in [0.4, 0.5) is 5.69 Å². The van der Waals surface area contributed by atoms with Crippen LogP contribution in [0.3, 0.4) is 0 Å². The molecular weight excluding hydrogens is 226 g/mol. The number of rotatable bonds is 5. The Morgan fingerprint density at radius 3 is 2.72 bits per heavy atom. The summed E-state index contributed by atoms with van der Waals surface area (Å²) in [4.78, 5) is 0. The number of methoxy groups -OCH3 is 1. The molecule has 0 spiro atoms. The number of benzene rings is 1. The van der Waals surface area contributed by atoms with Crippen LogP contribution in [0, 0.1) is 6.92 Å². The molecular formula is C14H19N3O. The van der Waals surface area contributed by atoms with Crippen LogP contribution in [0.15, 0.2) is 30.5 Å². The highest BCUT2D eigenvalue weighted by Gasteiger charge is 2.05. The third-order valence-electron chi connectivity index (χ3n) is 3.12. The average molecular weight is 245 g/mol. The van der Waals surface area contributed by atoms with E-state index in [-0.39, 0.29) is 0 Å². The van der Waals surface area contributed by atoms with Crippen molar-refractivity contribution in [2.45, 2.75) is 20.1 Å². The molecule has 4 heteroatoms. The van der Waals surface area contributed by atoms with Gasteiger partial charge in [-0.15, -0.1) is 0 Å². The summed E-state index contributed by atoms with van der Waals surface area (Å²) in [5.74, 6) is 0. The quantitative estimate of drug-likeness (QED) is 0.879. The monoisotopic (exact) mass is 245 g/mol. The number of anilines is 1. The second kappa shape index (κ2) is 5.69. The predicted molar refractivity (Wildman–Crippen MR) is 72.4 cm³/mol.